The number of rotatable bonds is 9. The van der Waals surface area contributed by atoms with Crippen LogP contribution < -0.4 is 10.6 Å². The van der Waals surface area contributed by atoms with Crippen LogP contribution in [0.2, 0.25) is 0 Å². The summed E-state index contributed by atoms with van der Waals surface area (Å²) in [5.41, 5.74) is 0. The zero-order valence-corrected chi connectivity index (χ0v) is 18.6. The minimum absolute atomic E-state index is 0. The van der Waals surface area contributed by atoms with Crippen molar-refractivity contribution in [3.05, 3.63) is 0 Å². The molecule has 0 aromatic carbocycles. The van der Waals surface area contributed by atoms with Gasteiger partial charge in [-0.3, -0.25) is 4.99 Å². The summed E-state index contributed by atoms with van der Waals surface area (Å²) in [4.78, 5) is 9.53. The smallest absolute Gasteiger partial charge is 0.191 e. The molecule has 0 amide bonds. The number of nitrogens with one attached hydrogen (secondary N) is 2. The minimum atomic E-state index is 0. The highest BCUT2D eigenvalue weighted by atomic mass is 127. The lowest BCUT2D eigenvalue weighted by Crippen LogP contribution is -2.42. The Hall–Kier alpha value is -0.0800. The number of piperidine rings is 2. The third-order valence-electron chi connectivity index (χ3n) is 5.29. The summed E-state index contributed by atoms with van der Waals surface area (Å²) < 4.78 is 0. The molecule has 0 atom stereocenters. The van der Waals surface area contributed by atoms with Gasteiger partial charge in [-0.15, -0.1) is 24.0 Å². The van der Waals surface area contributed by atoms with E-state index in [0.29, 0.717) is 0 Å². The second-order valence-corrected chi connectivity index (χ2v) is 7.29. The van der Waals surface area contributed by atoms with Crippen LogP contribution in [-0.2, 0) is 0 Å². The fraction of sp³-hybridized carbons (Fsp3) is 0.947. The molecule has 2 rings (SSSR count). The third-order valence-corrected chi connectivity index (χ3v) is 5.29. The maximum atomic E-state index is 4.33. The molecule has 25 heavy (non-hydrogen) atoms. The van der Waals surface area contributed by atoms with E-state index in [1.165, 1.54) is 90.5 Å². The van der Waals surface area contributed by atoms with Crippen LogP contribution in [0.25, 0.3) is 0 Å². The summed E-state index contributed by atoms with van der Waals surface area (Å²) >= 11 is 0. The van der Waals surface area contributed by atoms with Crippen LogP contribution in [-0.4, -0.2) is 75.2 Å². The largest absolute Gasteiger partial charge is 0.356 e. The lowest BCUT2D eigenvalue weighted by Gasteiger charge is -2.26. The number of unbranched alkanes of at least 4 members (excludes halogenated alkanes) is 2. The monoisotopic (exact) mass is 465 g/mol. The van der Waals surface area contributed by atoms with Crippen molar-refractivity contribution >= 4 is 29.9 Å². The van der Waals surface area contributed by atoms with Gasteiger partial charge in [0.25, 0.3) is 0 Å². The molecule has 0 aromatic heterocycles. The van der Waals surface area contributed by atoms with E-state index in [9.17, 15) is 0 Å². The lowest BCUT2D eigenvalue weighted by molar-refractivity contribution is 0.224. The maximum Gasteiger partial charge on any atom is 0.191 e. The van der Waals surface area contributed by atoms with E-state index in [2.05, 4.69) is 25.4 Å². The molecular weight excluding hydrogens is 425 g/mol. The average Bonchev–Trinajstić information content (AvgIpc) is 2.64. The van der Waals surface area contributed by atoms with Gasteiger partial charge in [-0.25, -0.2) is 0 Å². The van der Waals surface area contributed by atoms with Gasteiger partial charge in [0, 0.05) is 26.7 Å². The van der Waals surface area contributed by atoms with Crippen molar-refractivity contribution in [3.63, 3.8) is 0 Å². The average molecular weight is 465 g/mol. The summed E-state index contributed by atoms with van der Waals surface area (Å²) in [5.74, 6) is 0.961. The van der Waals surface area contributed by atoms with E-state index in [0.717, 1.165) is 25.6 Å². The fourth-order valence-corrected chi connectivity index (χ4v) is 3.76. The first-order valence-electron chi connectivity index (χ1n) is 10.3. The normalized spacial score (nSPS) is 20.1. The summed E-state index contributed by atoms with van der Waals surface area (Å²) in [6, 6.07) is 0. The molecule has 0 aliphatic carbocycles. The van der Waals surface area contributed by atoms with E-state index < -0.39 is 0 Å². The predicted molar refractivity (Wildman–Crippen MR) is 119 cm³/mol. The van der Waals surface area contributed by atoms with Gasteiger partial charge < -0.3 is 20.4 Å². The second-order valence-electron chi connectivity index (χ2n) is 7.29. The van der Waals surface area contributed by atoms with Crippen molar-refractivity contribution in [1.82, 2.24) is 20.4 Å². The van der Waals surface area contributed by atoms with E-state index in [1.807, 2.05) is 7.05 Å². The molecular formula is C19H40IN5. The van der Waals surface area contributed by atoms with Gasteiger partial charge in [0.1, 0.15) is 0 Å². The van der Waals surface area contributed by atoms with Crippen molar-refractivity contribution in [2.75, 3.05) is 59.4 Å². The van der Waals surface area contributed by atoms with Crippen molar-refractivity contribution < 1.29 is 0 Å². The SMILES string of the molecule is CN=C(NCCCCCN1CCCCC1)NCCN1CCCCC1.I. The standard InChI is InChI=1S/C19H39N5.HI/c1-20-19(22-12-18-24-16-9-4-10-17-24)21-11-5-2-6-13-23-14-7-3-8-15-23;/h2-18H2,1H3,(H2,20,21,22);1H. The van der Waals surface area contributed by atoms with Crippen LogP contribution in [0.3, 0.4) is 0 Å². The predicted octanol–water partition coefficient (Wildman–Crippen LogP) is 2.91. The number of aliphatic imine (C=N–C) groups is 1. The molecule has 2 saturated heterocycles. The molecule has 0 aromatic rings. The van der Waals surface area contributed by atoms with Gasteiger partial charge >= 0.3 is 0 Å². The van der Waals surface area contributed by atoms with Crippen LogP contribution in [0.5, 0.6) is 0 Å². The summed E-state index contributed by atoms with van der Waals surface area (Å²) in [5, 5.41) is 6.90. The van der Waals surface area contributed by atoms with Gasteiger partial charge in [0.05, 0.1) is 0 Å². The van der Waals surface area contributed by atoms with Gasteiger partial charge in [0.15, 0.2) is 5.96 Å². The molecule has 2 aliphatic heterocycles. The maximum absolute atomic E-state index is 4.33. The van der Waals surface area contributed by atoms with Crippen LogP contribution >= 0.6 is 24.0 Å². The highest BCUT2D eigenvalue weighted by Gasteiger charge is 2.10. The van der Waals surface area contributed by atoms with Crippen molar-refractivity contribution in [2.45, 2.75) is 57.8 Å². The lowest BCUT2D eigenvalue weighted by atomic mass is 10.1. The van der Waals surface area contributed by atoms with Crippen molar-refractivity contribution in [1.29, 1.82) is 0 Å². The molecule has 6 heteroatoms. The van der Waals surface area contributed by atoms with E-state index >= 15 is 0 Å². The number of hydrogen-bond donors (Lipinski definition) is 2. The molecule has 5 nitrogen and oxygen atoms in total. The number of likely N-dealkylation sites (tertiary alicyclic amines) is 2. The quantitative estimate of drug-likeness (QED) is 0.238. The second kappa shape index (κ2) is 15.0. The molecule has 2 fully saturated rings. The van der Waals surface area contributed by atoms with Crippen LogP contribution in [0, 0.1) is 0 Å². The van der Waals surface area contributed by atoms with Gasteiger partial charge in [-0.1, -0.05) is 19.3 Å². The molecule has 0 bridgehead atoms. The first kappa shape index (κ1) is 23.0. The van der Waals surface area contributed by atoms with Gasteiger partial charge in [-0.05, 0) is 71.2 Å². The molecule has 2 heterocycles. The van der Waals surface area contributed by atoms with Crippen molar-refractivity contribution in [3.8, 4) is 0 Å². The van der Waals surface area contributed by atoms with Gasteiger partial charge in [0.2, 0.25) is 0 Å². The Labute approximate surface area is 172 Å². The van der Waals surface area contributed by atoms with Crippen LogP contribution in [0.15, 0.2) is 4.99 Å². The Bertz CT molecular complexity index is 339. The highest BCUT2D eigenvalue weighted by molar-refractivity contribution is 14.0. The number of guanidine groups is 1. The molecule has 2 aliphatic rings. The van der Waals surface area contributed by atoms with Crippen LogP contribution in [0.1, 0.15) is 57.8 Å². The molecule has 148 valence electrons. The van der Waals surface area contributed by atoms with E-state index in [-0.39, 0.29) is 24.0 Å². The van der Waals surface area contributed by atoms with Gasteiger partial charge in [-0.2, -0.15) is 0 Å². The first-order chi connectivity index (χ1) is 11.9. The topological polar surface area (TPSA) is 42.9 Å². The zero-order valence-electron chi connectivity index (χ0n) is 16.3. The number of hydrogen-bond acceptors (Lipinski definition) is 3. The zero-order chi connectivity index (χ0) is 16.9. The number of halogens is 1. The molecule has 0 unspecified atom stereocenters. The Kier molecular flexibility index (Phi) is 13.8. The fourth-order valence-electron chi connectivity index (χ4n) is 3.76. The summed E-state index contributed by atoms with van der Waals surface area (Å²) in [7, 11) is 1.87. The number of nitrogens with zero attached hydrogens (tertiary/aromatic N) is 3. The minimum Gasteiger partial charge on any atom is -0.356 e. The Balaban J connectivity index is 0.00000312. The third kappa shape index (κ3) is 10.6. The summed E-state index contributed by atoms with van der Waals surface area (Å²) in [6.45, 7) is 9.64. The molecule has 0 spiro atoms. The molecule has 2 N–H and O–H groups in total. The Morgan fingerprint density at radius 2 is 1.28 bits per heavy atom. The van der Waals surface area contributed by atoms with Crippen molar-refractivity contribution in [2.24, 2.45) is 4.99 Å². The van der Waals surface area contributed by atoms with Crippen LogP contribution in [0.4, 0.5) is 0 Å². The Morgan fingerprint density at radius 1 is 0.720 bits per heavy atom. The summed E-state index contributed by atoms with van der Waals surface area (Å²) in [6.07, 6.45) is 12.3. The first-order valence-corrected chi connectivity index (χ1v) is 10.3. The Morgan fingerprint density at radius 3 is 1.88 bits per heavy atom. The molecule has 0 saturated carbocycles. The van der Waals surface area contributed by atoms with E-state index in [4.69, 9.17) is 0 Å². The highest BCUT2D eigenvalue weighted by Crippen LogP contribution is 2.09. The molecule has 0 radical (unpaired) electrons. The van der Waals surface area contributed by atoms with E-state index in [1.54, 1.807) is 0 Å².